The van der Waals surface area contributed by atoms with Crippen molar-refractivity contribution in [2.75, 3.05) is 19.0 Å². The molecule has 1 aliphatic heterocycles. The molecule has 0 aromatic rings. The van der Waals surface area contributed by atoms with E-state index >= 15 is 0 Å². The molecule has 1 aliphatic rings. The molecule has 1 saturated heterocycles. The number of hydrogen-bond donors (Lipinski definition) is 2. The lowest BCUT2D eigenvalue weighted by atomic mass is 10.2. The maximum absolute atomic E-state index is 11.7. The van der Waals surface area contributed by atoms with Crippen LogP contribution in [0.3, 0.4) is 0 Å². The van der Waals surface area contributed by atoms with Crippen LogP contribution in [0.15, 0.2) is 0 Å². The average Bonchev–Trinajstić information content (AvgIpc) is 2.19. The van der Waals surface area contributed by atoms with E-state index in [2.05, 4.69) is 0 Å². The number of hydrogen-bond acceptors (Lipinski definition) is 4. The standard InChI is InChI=1S/C8H16N2O3S/c9-7(8(10)11)5-14(12)6-1-3-13-4-2-6/h6-7H,1-5,9H2,(H2,10,11). The fourth-order valence-electron chi connectivity index (χ4n) is 1.33. The van der Waals surface area contributed by atoms with Gasteiger partial charge in [0.25, 0.3) is 0 Å². The first kappa shape index (κ1) is 11.6. The van der Waals surface area contributed by atoms with Gasteiger partial charge in [0.05, 0.1) is 6.04 Å². The molecule has 0 radical (unpaired) electrons. The molecule has 1 fully saturated rings. The number of nitrogens with two attached hydrogens (primary N) is 2. The lowest BCUT2D eigenvalue weighted by Crippen LogP contribution is -2.42. The van der Waals surface area contributed by atoms with E-state index in [1.54, 1.807) is 0 Å². The Hall–Kier alpha value is -0.460. The van der Waals surface area contributed by atoms with Crippen molar-refractivity contribution in [1.82, 2.24) is 0 Å². The van der Waals surface area contributed by atoms with E-state index < -0.39 is 22.7 Å². The normalized spacial score (nSPS) is 22.9. The average molecular weight is 220 g/mol. The highest BCUT2D eigenvalue weighted by atomic mass is 32.2. The number of ether oxygens (including phenoxy) is 1. The van der Waals surface area contributed by atoms with Crippen LogP contribution in [0, 0.1) is 0 Å². The summed E-state index contributed by atoms with van der Waals surface area (Å²) in [6, 6.07) is -0.793. The van der Waals surface area contributed by atoms with E-state index in [1.165, 1.54) is 0 Å². The lowest BCUT2D eigenvalue weighted by molar-refractivity contribution is -0.118. The molecule has 2 unspecified atom stereocenters. The van der Waals surface area contributed by atoms with Gasteiger partial charge in [0.2, 0.25) is 5.91 Å². The van der Waals surface area contributed by atoms with Gasteiger partial charge in [-0.15, -0.1) is 0 Å². The van der Waals surface area contributed by atoms with Gasteiger partial charge in [0, 0.05) is 35.0 Å². The van der Waals surface area contributed by atoms with Crippen molar-refractivity contribution >= 4 is 16.7 Å². The summed E-state index contributed by atoms with van der Waals surface area (Å²) in [5.74, 6) is -0.426. The van der Waals surface area contributed by atoms with Gasteiger partial charge >= 0.3 is 0 Å². The van der Waals surface area contributed by atoms with Crippen molar-refractivity contribution in [1.29, 1.82) is 0 Å². The van der Waals surface area contributed by atoms with Crippen LogP contribution in [0.25, 0.3) is 0 Å². The van der Waals surface area contributed by atoms with Crippen molar-refractivity contribution in [2.45, 2.75) is 24.1 Å². The van der Waals surface area contributed by atoms with Crippen LogP contribution in [0.5, 0.6) is 0 Å². The van der Waals surface area contributed by atoms with E-state index in [1.807, 2.05) is 0 Å². The van der Waals surface area contributed by atoms with Crippen LogP contribution >= 0.6 is 0 Å². The second-order valence-electron chi connectivity index (χ2n) is 3.37. The maximum atomic E-state index is 11.7. The largest absolute Gasteiger partial charge is 0.381 e. The van der Waals surface area contributed by atoms with Gasteiger partial charge in [0.1, 0.15) is 0 Å². The van der Waals surface area contributed by atoms with E-state index in [-0.39, 0.29) is 11.0 Å². The zero-order valence-electron chi connectivity index (χ0n) is 7.98. The zero-order chi connectivity index (χ0) is 10.6. The monoisotopic (exact) mass is 220 g/mol. The third-order valence-electron chi connectivity index (χ3n) is 2.25. The van der Waals surface area contributed by atoms with Crippen LogP contribution in [0.4, 0.5) is 0 Å². The number of rotatable bonds is 4. The Kier molecular flexibility index (Phi) is 4.50. The quantitative estimate of drug-likeness (QED) is 0.617. The van der Waals surface area contributed by atoms with Crippen molar-refractivity contribution in [3.63, 3.8) is 0 Å². The molecule has 6 heteroatoms. The van der Waals surface area contributed by atoms with Gasteiger partial charge in [-0.2, -0.15) is 0 Å². The minimum absolute atomic E-state index is 0.106. The predicted octanol–water partition coefficient (Wildman–Crippen LogP) is -1.27. The summed E-state index contributed by atoms with van der Waals surface area (Å²) in [7, 11) is -1.06. The van der Waals surface area contributed by atoms with E-state index in [9.17, 15) is 9.00 Å². The second-order valence-corrected chi connectivity index (χ2v) is 5.13. The van der Waals surface area contributed by atoms with Crippen LogP contribution in [0.1, 0.15) is 12.8 Å². The van der Waals surface area contributed by atoms with Gasteiger partial charge in [-0.1, -0.05) is 0 Å². The minimum Gasteiger partial charge on any atom is -0.381 e. The third kappa shape index (κ3) is 3.36. The Morgan fingerprint density at radius 3 is 2.57 bits per heavy atom. The first-order chi connectivity index (χ1) is 6.61. The predicted molar refractivity (Wildman–Crippen MR) is 54.0 cm³/mol. The summed E-state index contributed by atoms with van der Waals surface area (Å²) in [5.41, 5.74) is 10.4. The molecule has 1 rings (SSSR count). The van der Waals surface area contributed by atoms with E-state index in [0.717, 1.165) is 12.8 Å². The van der Waals surface area contributed by atoms with Gasteiger partial charge in [-0.3, -0.25) is 9.00 Å². The number of primary amides is 1. The fraction of sp³-hybridized carbons (Fsp3) is 0.875. The molecule has 2 atom stereocenters. The van der Waals surface area contributed by atoms with Crippen LogP contribution in [-0.2, 0) is 20.3 Å². The Labute approximate surface area is 85.6 Å². The van der Waals surface area contributed by atoms with Gasteiger partial charge in [0.15, 0.2) is 0 Å². The molecule has 0 aliphatic carbocycles. The molecule has 5 nitrogen and oxygen atoms in total. The zero-order valence-corrected chi connectivity index (χ0v) is 8.79. The first-order valence-electron chi connectivity index (χ1n) is 4.61. The van der Waals surface area contributed by atoms with Crippen molar-refractivity contribution in [2.24, 2.45) is 11.5 Å². The molecule has 0 aromatic heterocycles. The lowest BCUT2D eigenvalue weighted by Gasteiger charge is -2.22. The Balaban J connectivity index is 2.36. The molecule has 4 N–H and O–H groups in total. The van der Waals surface area contributed by atoms with E-state index in [4.69, 9.17) is 16.2 Å². The Morgan fingerprint density at radius 2 is 2.07 bits per heavy atom. The molecule has 0 saturated carbocycles. The van der Waals surface area contributed by atoms with Crippen LogP contribution in [-0.4, -0.2) is 40.4 Å². The number of carbonyl (C=O) groups is 1. The first-order valence-corrected chi connectivity index (χ1v) is 5.99. The maximum Gasteiger partial charge on any atom is 0.235 e. The number of amides is 1. The van der Waals surface area contributed by atoms with Crippen LogP contribution < -0.4 is 11.5 Å². The summed E-state index contributed by atoms with van der Waals surface area (Å²) in [6.45, 7) is 1.28. The molecule has 1 amide bonds. The Morgan fingerprint density at radius 1 is 1.50 bits per heavy atom. The van der Waals surface area contributed by atoms with Gasteiger partial charge < -0.3 is 16.2 Å². The second kappa shape index (κ2) is 5.43. The summed E-state index contributed by atoms with van der Waals surface area (Å²) in [6.07, 6.45) is 1.55. The highest BCUT2D eigenvalue weighted by molar-refractivity contribution is 7.85. The van der Waals surface area contributed by atoms with Crippen molar-refractivity contribution < 1.29 is 13.7 Å². The Bertz CT molecular complexity index is 229. The molecule has 14 heavy (non-hydrogen) atoms. The van der Waals surface area contributed by atoms with Gasteiger partial charge in [-0.05, 0) is 12.8 Å². The molecule has 0 bridgehead atoms. The molecule has 82 valence electrons. The van der Waals surface area contributed by atoms with Crippen molar-refractivity contribution in [3.05, 3.63) is 0 Å². The van der Waals surface area contributed by atoms with Gasteiger partial charge in [-0.25, -0.2) is 0 Å². The molecular formula is C8H16N2O3S. The third-order valence-corrected chi connectivity index (χ3v) is 4.15. The summed E-state index contributed by atoms with van der Waals surface area (Å²) in [5, 5.41) is 0.106. The molecule has 0 spiro atoms. The van der Waals surface area contributed by atoms with Crippen LogP contribution in [0.2, 0.25) is 0 Å². The minimum atomic E-state index is -1.06. The summed E-state index contributed by atoms with van der Waals surface area (Å²) in [4.78, 5) is 10.7. The smallest absolute Gasteiger partial charge is 0.235 e. The fourth-order valence-corrected chi connectivity index (χ4v) is 2.84. The topological polar surface area (TPSA) is 95.4 Å². The highest BCUT2D eigenvalue weighted by Gasteiger charge is 2.23. The SMILES string of the molecule is NC(=O)C(N)CS(=O)C1CCOCC1. The highest BCUT2D eigenvalue weighted by Crippen LogP contribution is 2.13. The molecule has 1 heterocycles. The summed E-state index contributed by atoms with van der Waals surface area (Å²) >= 11 is 0. The molecule has 0 aromatic carbocycles. The van der Waals surface area contributed by atoms with E-state index in [0.29, 0.717) is 13.2 Å². The molecular weight excluding hydrogens is 204 g/mol. The van der Waals surface area contributed by atoms with Crippen molar-refractivity contribution in [3.8, 4) is 0 Å². The number of carbonyl (C=O) groups excluding carboxylic acids is 1. The summed E-state index contributed by atoms with van der Waals surface area (Å²) < 4.78 is 16.8.